The van der Waals surface area contributed by atoms with Crippen molar-refractivity contribution in [2.24, 2.45) is 0 Å². The number of unbranched alkanes of at least 4 members (excludes halogenated alkanes) is 2. The van der Waals surface area contributed by atoms with E-state index in [1.165, 1.54) is 0 Å². The van der Waals surface area contributed by atoms with Gasteiger partial charge in [-0.1, -0.05) is 38.3 Å². The van der Waals surface area contributed by atoms with Gasteiger partial charge < -0.3 is 14.6 Å². The molecule has 0 amide bonds. The van der Waals surface area contributed by atoms with Crippen molar-refractivity contribution in [1.82, 2.24) is 0 Å². The molecule has 0 saturated carbocycles. The second kappa shape index (κ2) is 9.40. The summed E-state index contributed by atoms with van der Waals surface area (Å²) in [5, 5.41) is 10.1. The van der Waals surface area contributed by atoms with Gasteiger partial charge in [0.1, 0.15) is 6.10 Å². The monoisotopic (exact) mass is 242 g/mol. The summed E-state index contributed by atoms with van der Waals surface area (Å²) >= 11 is 0. The fourth-order valence-electron chi connectivity index (χ4n) is 1.53. The minimum atomic E-state index is -0.976. The van der Waals surface area contributed by atoms with Crippen LogP contribution < -0.4 is 0 Å². The first-order chi connectivity index (χ1) is 8.10. The maximum absolute atomic E-state index is 10.1. The van der Waals surface area contributed by atoms with Gasteiger partial charge in [-0.25, -0.2) is 0 Å². The first kappa shape index (κ1) is 16.4. The normalized spacial score (nSPS) is 13.4. The van der Waals surface area contributed by atoms with E-state index in [-0.39, 0.29) is 0 Å². The largest absolute Gasteiger partial charge is 0.388 e. The van der Waals surface area contributed by atoms with Crippen LogP contribution in [0.2, 0.25) is 0 Å². The molecule has 0 heterocycles. The molecule has 1 N–H and O–H groups in total. The van der Waals surface area contributed by atoms with Gasteiger partial charge in [0, 0.05) is 0 Å². The third-order valence-corrected chi connectivity index (χ3v) is 2.66. The number of aliphatic hydroxyl groups is 1. The van der Waals surface area contributed by atoms with Crippen molar-refractivity contribution in [3.63, 3.8) is 0 Å². The van der Waals surface area contributed by atoms with E-state index in [1.54, 1.807) is 19.1 Å². The molecule has 0 aliphatic heterocycles. The molecule has 0 saturated heterocycles. The zero-order valence-electron chi connectivity index (χ0n) is 11.2. The molecule has 0 spiro atoms. The smallest absolute Gasteiger partial charge is 0.192 e. The Balaban J connectivity index is 4.30. The van der Waals surface area contributed by atoms with Crippen LogP contribution in [0.1, 0.15) is 39.5 Å². The highest BCUT2D eigenvalue weighted by molar-refractivity contribution is 4.79. The minimum absolute atomic E-state index is 0.360. The van der Waals surface area contributed by atoms with E-state index < -0.39 is 11.9 Å². The molecule has 0 aliphatic carbocycles. The van der Waals surface area contributed by atoms with Gasteiger partial charge in [0.25, 0.3) is 0 Å². The fourth-order valence-corrected chi connectivity index (χ4v) is 1.53. The van der Waals surface area contributed by atoms with Crippen molar-refractivity contribution in [1.29, 1.82) is 0 Å². The highest BCUT2D eigenvalue weighted by Crippen LogP contribution is 2.22. The number of ether oxygens (including phenoxy) is 2. The highest BCUT2D eigenvalue weighted by Gasteiger charge is 2.34. The fraction of sp³-hybridized carbons (Fsp3) is 0.714. The number of rotatable bonds is 11. The first-order valence-corrected chi connectivity index (χ1v) is 6.28. The maximum atomic E-state index is 10.1. The van der Waals surface area contributed by atoms with E-state index in [4.69, 9.17) is 9.47 Å². The molecular formula is C14H26O3. The molecule has 1 unspecified atom stereocenters. The summed E-state index contributed by atoms with van der Waals surface area (Å²) in [4.78, 5) is 0. The van der Waals surface area contributed by atoms with Gasteiger partial charge in [0.05, 0.1) is 13.2 Å². The standard InChI is InChI=1S/C14H26O3/c1-5-8-9-10-13(15)14(4,16-11-6-2)17-12-7-3/h6-7,13,15H,2-3,5,8-12H2,1,4H3. The topological polar surface area (TPSA) is 38.7 Å². The SMILES string of the molecule is C=CCOC(C)(OCC=C)C(O)CCCCC. The molecule has 0 fully saturated rings. The molecule has 3 nitrogen and oxygen atoms in total. The zero-order chi connectivity index (χ0) is 13.1. The van der Waals surface area contributed by atoms with E-state index in [0.717, 1.165) is 19.3 Å². The Morgan fingerprint density at radius 1 is 1.18 bits per heavy atom. The lowest BCUT2D eigenvalue weighted by atomic mass is 10.0. The first-order valence-electron chi connectivity index (χ1n) is 6.28. The van der Waals surface area contributed by atoms with Crippen LogP contribution in [-0.4, -0.2) is 30.2 Å². The Hall–Kier alpha value is -0.640. The van der Waals surface area contributed by atoms with Crippen LogP contribution in [0.5, 0.6) is 0 Å². The number of hydrogen-bond donors (Lipinski definition) is 1. The number of aliphatic hydroxyl groups excluding tert-OH is 1. The van der Waals surface area contributed by atoms with Crippen LogP contribution in [-0.2, 0) is 9.47 Å². The molecule has 0 bridgehead atoms. The van der Waals surface area contributed by atoms with Crippen LogP contribution in [0, 0.1) is 0 Å². The van der Waals surface area contributed by atoms with Crippen molar-refractivity contribution in [3.05, 3.63) is 25.3 Å². The van der Waals surface area contributed by atoms with E-state index in [0.29, 0.717) is 19.6 Å². The summed E-state index contributed by atoms with van der Waals surface area (Å²) in [6.45, 7) is 11.8. The Labute approximate surface area is 105 Å². The maximum Gasteiger partial charge on any atom is 0.192 e. The molecule has 0 rings (SSSR count). The molecule has 0 radical (unpaired) electrons. The Bertz CT molecular complexity index is 202. The summed E-state index contributed by atoms with van der Waals surface area (Å²) in [6, 6.07) is 0. The molecule has 0 aromatic carbocycles. The van der Waals surface area contributed by atoms with Gasteiger partial charge in [0.2, 0.25) is 0 Å². The summed E-state index contributed by atoms with van der Waals surface area (Å²) in [7, 11) is 0. The lowest BCUT2D eigenvalue weighted by Crippen LogP contribution is -2.45. The molecular weight excluding hydrogens is 216 g/mol. The van der Waals surface area contributed by atoms with Crippen LogP contribution in [0.4, 0.5) is 0 Å². The second-order valence-electron chi connectivity index (χ2n) is 4.23. The molecule has 0 aromatic rings. The predicted molar refractivity (Wildman–Crippen MR) is 70.9 cm³/mol. The average molecular weight is 242 g/mol. The summed E-state index contributed by atoms with van der Waals surface area (Å²) in [5.74, 6) is -0.976. The van der Waals surface area contributed by atoms with Gasteiger partial charge in [-0.05, 0) is 13.3 Å². The van der Waals surface area contributed by atoms with Crippen molar-refractivity contribution >= 4 is 0 Å². The summed E-state index contributed by atoms with van der Waals surface area (Å²) in [6.07, 6.45) is 6.55. The van der Waals surface area contributed by atoms with E-state index >= 15 is 0 Å². The molecule has 3 heteroatoms. The van der Waals surface area contributed by atoms with Crippen molar-refractivity contribution < 1.29 is 14.6 Å². The predicted octanol–water partition coefficient (Wildman–Crippen LogP) is 3.05. The van der Waals surface area contributed by atoms with Gasteiger partial charge >= 0.3 is 0 Å². The molecule has 1 atom stereocenters. The quantitative estimate of drug-likeness (QED) is 0.344. The van der Waals surface area contributed by atoms with Gasteiger partial charge in [0.15, 0.2) is 5.79 Å². The lowest BCUT2D eigenvalue weighted by molar-refractivity contribution is -0.264. The molecule has 17 heavy (non-hydrogen) atoms. The lowest BCUT2D eigenvalue weighted by Gasteiger charge is -2.34. The van der Waals surface area contributed by atoms with Crippen molar-refractivity contribution in [2.75, 3.05) is 13.2 Å². The number of hydrogen-bond acceptors (Lipinski definition) is 3. The van der Waals surface area contributed by atoms with E-state index in [9.17, 15) is 5.11 Å². The van der Waals surface area contributed by atoms with Gasteiger partial charge in [-0.2, -0.15) is 0 Å². The van der Waals surface area contributed by atoms with Crippen LogP contribution in [0.25, 0.3) is 0 Å². The van der Waals surface area contributed by atoms with Gasteiger partial charge in [-0.15, -0.1) is 13.2 Å². The molecule has 0 aromatic heterocycles. The molecule has 0 aliphatic rings. The van der Waals surface area contributed by atoms with Crippen molar-refractivity contribution in [2.45, 2.75) is 51.4 Å². The second-order valence-corrected chi connectivity index (χ2v) is 4.23. The minimum Gasteiger partial charge on any atom is -0.388 e. The van der Waals surface area contributed by atoms with Crippen LogP contribution in [0.3, 0.4) is 0 Å². The Morgan fingerprint density at radius 2 is 1.71 bits per heavy atom. The van der Waals surface area contributed by atoms with Gasteiger partial charge in [-0.3, -0.25) is 0 Å². The van der Waals surface area contributed by atoms with Crippen molar-refractivity contribution in [3.8, 4) is 0 Å². The van der Waals surface area contributed by atoms with E-state index in [2.05, 4.69) is 20.1 Å². The zero-order valence-corrected chi connectivity index (χ0v) is 11.2. The average Bonchev–Trinajstić information content (AvgIpc) is 2.34. The third-order valence-electron chi connectivity index (χ3n) is 2.66. The summed E-state index contributed by atoms with van der Waals surface area (Å²) < 4.78 is 11.1. The Morgan fingerprint density at radius 3 is 2.12 bits per heavy atom. The van der Waals surface area contributed by atoms with E-state index in [1.807, 2.05) is 0 Å². The summed E-state index contributed by atoms with van der Waals surface area (Å²) in [5.41, 5.74) is 0. The third kappa shape index (κ3) is 6.61. The van der Waals surface area contributed by atoms with Crippen LogP contribution >= 0.6 is 0 Å². The Kier molecular flexibility index (Phi) is 9.04. The van der Waals surface area contributed by atoms with Crippen LogP contribution in [0.15, 0.2) is 25.3 Å². The molecule has 100 valence electrons. The highest BCUT2D eigenvalue weighted by atomic mass is 16.7.